The molecule has 6 heteroatoms. The minimum Gasteiger partial charge on any atom is -0.342 e. The number of fused-ring (bicyclic) bond motifs is 1. The predicted octanol–water partition coefficient (Wildman–Crippen LogP) is 6.06. The lowest BCUT2D eigenvalue weighted by atomic mass is 10.1. The number of rotatable bonds is 4. The van der Waals surface area contributed by atoms with Gasteiger partial charge in [0.25, 0.3) is 5.91 Å². The number of carbonyl (C=O) groups is 1. The summed E-state index contributed by atoms with van der Waals surface area (Å²) in [4.78, 5) is 16.7. The zero-order chi connectivity index (χ0) is 22.2. The molecule has 0 saturated carbocycles. The van der Waals surface area contributed by atoms with Crippen LogP contribution in [0, 0.1) is 0 Å². The fourth-order valence-electron chi connectivity index (χ4n) is 4.03. The average molecular weight is 502 g/mol. The van der Waals surface area contributed by atoms with Crippen LogP contribution in [-0.2, 0) is 11.3 Å². The highest BCUT2D eigenvalue weighted by Crippen LogP contribution is 2.31. The normalized spacial score (nSPS) is 15.4. The van der Waals surface area contributed by atoms with Gasteiger partial charge in [-0.15, -0.1) is 0 Å². The van der Waals surface area contributed by atoms with Crippen molar-refractivity contribution in [2.75, 3.05) is 11.9 Å². The SMILES string of the molecule is CN1C(=S)N(c2ccccc2)C(=O)/C1=C/c1cn(Cc2ccccc2)c2ccc(Br)cc12. The van der Waals surface area contributed by atoms with Crippen molar-refractivity contribution in [1.29, 1.82) is 0 Å². The van der Waals surface area contributed by atoms with Crippen molar-refractivity contribution < 1.29 is 4.79 Å². The van der Waals surface area contributed by atoms with Crippen molar-refractivity contribution in [1.82, 2.24) is 9.47 Å². The van der Waals surface area contributed by atoms with Crippen molar-refractivity contribution in [3.05, 3.63) is 106 Å². The van der Waals surface area contributed by atoms with Crippen LogP contribution in [-0.4, -0.2) is 27.5 Å². The fourth-order valence-corrected chi connectivity index (χ4v) is 4.68. The second-order valence-corrected chi connectivity index (χ2v) is 8.99. The van der Waals surface area contributed by atoms with Crippen LogP contribution < -0.4 is 4.90 Å². The number of halogens is 1. The molecular weight excluding hydrogens is 482 g/mol. The topological polar surface area (TPSA) is 28.5 Å². The highest BCUT2D eigenvalue weighted by atomic mass is 79.9. The second kappa shape index (κ2) is 8.37. The van der Waals surface area contributed by atoms with Crippen LogP contribution in [0.4, 0.5) is 5.69 Å². The first kappa shape index (κ1) is 20.7. The summed E-state index contributed by atoms with van der Waals surface area (Å²) < 4.78 is 3.21. The van der Waals surface area contributed by atoms with Gasteiger partial charge in [-0.25, -0.2) is 0 Å². The molecule has 1 fully saturated rings. The number of anilines is 1. The van der Waals surface area contributed by atoms with Crippen LogP contribution in [0.1, 0.15) is 11.1 Å². The molecule has 1 aliphatic heterocycles. The molecule has 0 radical (unpaired) electrons. The number of hydrogen-bond acceptors (Lipinski definition) is 2. The molecule has 0 atom stereocenters. The minimum absolute atomic E-state index is 0.123. The number of para-hydroxylation sites is 1. The van der Waals surface area contributed by atoms with E-state index in [1.165, 1.54) is 5.56 Å². The molecule has 2 heterocycles. The van der Waals surface area contributed by atoms with Gasteiger partial charge in [0, 0.05) is 40.7 Å². The maximum Gasteiger partial charge on any atom is 0.281 e. The van der Waals surface area contributed by atoms with E-state index in [9.17, 15) is 4.79 Å². The Morgan fingerprint density at radius 2 is 1.66 bits per heavy atom. The van der Waals surface area contributed by atoms with E-state index in [1.54, 1.807) is 9.80 Å². The summed E-state index contributed by atoms with van der Waals surface area (Å²) >= 11 is 9.19. The van der Waals surface area contributed by atoms with Crippen molar-refractivity contribution in [3.8, 4) is 0 Å². The fraction of sp³-hybridized carbons (Fsp3) is 0.0769. The Bertz CT molecular complexity index is 1360. The highest BCUT2D eigenvalue weighted by molar-refractivity contribution is 9.10. The number of aromatic nitrogens is 1. The standard InChI is InChI=1S/C26H20BrN3OS/c1-28-24(25(31)30(26(28)32)21-10-6-3-7-11-21)14-19-17-29(16-18-8-4-2-5-9-18)23-13-12-20(27)15-22(19)23/h2-15,17H,16H2,1H3/b24-14-. The summed E-state index contributed by atoms with van der Waals surface area (Å²) in [5.74, 6) is -0.123. The molecule has 1 amide bonds. The summed E-state index contributed by atoms with van der Waals surface area (Å²) in [6.45, 7) is 0.750. The molecule has 32 heavy (non-hydrogen) atoms. The highest BCUT2D eigenvalue weighted by Gasteiger charge is 2.36. The van der Waals surface area contributed by atoms with E-state index in [1.807, 2.05) is 67.7 Å². The second-order valence-electron chi connectivity index (χ2n) is 7.71. The minimum atomic E-state index is -0.123. The van der Waals surface area contributed by atoms with Gasteiger partial charge < -0.3 is 9.47 Å². The maximum atomic E-state index is 13.3. The van der Waals surface area contributed by atoms with Gasteiger partial charge in [-0.2, -0.15) is 0 Å². The third-order valence-corrected chi connectivity index (χ3v) is 6.59. The molecule has 1 aliphatic rings. The summed E-state index contributed by atoms with van der Waals surface area (Å²) in [7, 11) is 1.84. The van der Waals surface area contributed by atoms with Crippen LogP contribution in [0.25, 0.3) is 17.0 Å². The lowest BCUT2D eigenvalue weighted by Crippen LogP contribution is -2.30. The monoisotopic (exact) mass is 501 g/mol. The Morgan fingerprint density at radius 1 is 0.969 bits per heavy atom. The van der Waals surface area contributed by atoms with E-state index in [2.05, 4.69) is 51.0 Å². The molecule has 0 bridgehead atoms. The Balaban J connectivity index is 1.59. The van der Waals surface area contributed by atoms with Gasteiger partial charge in [0.1, 0.15) is 5.70 Å². The molecule has 0 spiro atoms. The number of benzene rings is 3. The molecule has 5 rings (SSSR count). The van der Waals surface area contributed by atoms with Gasteiger partial charge in [-0.05, 0) is 54.2 Å². The summed E-state index contributed by atoms with van der Waals surface area (Å²) in [5.41, 5.74) is 4.63. The van der Waals surface area contributed by atoms with E-state index >= 15 is 0 Å². The van der Waals surface area contributed by atoms with Gasteiger partial charge in [0.05, 0.1) is 5.69 Å². The molecule has 4 nitrogen and oxygen atoms in total. The van der Waals surface area contributed by atoms with E-state index in [0.29, 0.717) is 10.8 Å². The summed E-state index contributed by atoms with van der Waals surface area (Å²) in [6, 6.07) is 26.1. The Labute approximate surface area is 200 Å². The number of amides is 1. The molecule has 0 aliphatic carbocycles. The molecule has 158 valence electrons. The van der Waals surface area contributed by atoms with Crippen molar-refractivity contribution in [2.45, 2.75) is 6.54 Å². The van der Waals surface area contributed by atoms with Crippen molar-refractivity contribution in [2.24, 2.45) is 0 Å². The Morgan fingerprint density at radius 3 is 2.38 bits per heavy atom. The third-order valence-electron chi connectivity index (χ3n) is 5.64. The maximum absolute atomic E-state index is 13.3. The number of hydrogen-bond donors (Lipinski definition) is 0. The van der Waals surface area contributed by atoms with Crippen molar-refractivity contribution >= 4 is 61.8 Å². The number of nitrogens with zero attached hydrogens (tertiary/aromatic N) is 3. The molecule has 0 N–H and O–H groups in total. The summed E-state index contributed by atoms with van der Waals surface area (Å²) in [5, 5.41) is 1.55. The predicted molar refractivity (Wildman–Crippen MR) is 137 cm³/mol. The first-order valence-electron chi connectivity index (χ1n) is 10.2. The Hall–Kier alpha value is -3.22. The van der Waals surface area contributed by atoms with E-state index < -0.39 is 0 Å². The van der Waals surface area contributed by atoms with Gasteiger partial charge in [-0.3, -0.25) is 9.69 Å². The van der Waals surface area contributed by atoms with Crippen LogP contribution in [0.15, 0.2) is 95.2 Å². The lowest BCUT2D eigenvalue weighted by molar-refractivity contribution is -0.114. The van der Waals surface area contributed by atoms with E-state index in [-0.39, 0.29) is 5.91 Å². The quantitative estimate of drug-likeness (QED) is 0.251. The van der Waals surface area contributed by atoms with Gasteiger partial charge in [0.2, 0.25) is 0 Å². The third kappa shape index (κ3) is 3.66. The van der Waals surface area contributed by atoms with Crippen LogP contribution in [0.3, 0.4) is 0 Å². The van der Waals surface area contributed by atoms with E-state index in [0.717, 1.165) is 33.2 Å². The van der Waals surface area contributed by atoms with Crippen LogP contribution in [0.5, 0.6) is 0 Å². The lowest BCUT2D eigenvalue weighted by Gasteiger charge is -2.16. The van der Waals surface area contributed by atoms with Crippen LogP contribution >= 0.6 is 28.1 Å². The molecule has 4 aromatic rings. The van der Waals surface area contributed by atoms with Gasteiger partial charge in [0.15, 0.2) is 5.11 Å². The first-order chi connectivity index (χ1) is 15.5. The van der Waals surface area contributed by atoms with E-state index in [4.69, 9.17) is 12.2 Å². The zero-order valence-corrected chi connectivity index (χ0v) is 19.8. The van der Waals surface area contributed by atoms with Crippen LogP contribution in [0.2, 0.25) is 0 Å². The van der Waals surface area contributed by atoms with Crippen molar-refractivity contribution in [3.63, 3.8) is 0 Å². The molecule has 1 aromatic heterocycles. The number of thiocarbonyl (C=S) groups is 1. The van der Waals surface area contributed by atoms with Gasteiger partial charge >= 0.3 is 0 Å². The smallest absolute Gasteiger partial charge is 0.281 e. The van der Waals surface area contributed by atoms with Gasteiger partial charge in [-0.1, -0.05) is 64.5 Å². The molecule has 1 saturated heterocycles. The summed E-state index contributed by atoms with van der Waals surface area (Å²) in [6.07, 6.45) is 4.04. The zero-order valence-electron chi connectivity index (χ0n) is 17.4. The Kier molecular flexibility index (Phi) is 5.41. The molecule has 0 unspecified atom stereocenters. The average Bonchev–Trinajstić information content (AvgIpc) is 3.24. The largest absolute Gasteiger partial charge is 0.342 e. The first-order valence-corrected chi connectivity index (χ1v) is 11.4. The molecule has 3 aromatic carbocycles. The number of carbonyl (C=O) groups excluding carboxylic acids is 1. The number of likely N-dealkylation sites (N-methyl/N-ethyl adjacent to an activating group) is 1. The molecular formula is C26H20BrN3OS.